The van der Waals surface area contributed by atoms with Crippen LogP contribution in [-0.4, -0.2) is 66.3 Å². The second-order valence-corrected chi connectivity index (χ2v) is 6.86. The number of ether oxygens (including phenoxy) is 1. The quantitative estimate of drug-likeness (QED) is 0.786. The molecule has 23 heavy (non-hydrogen) atoms. The van der Waals surface area contributed by atoms with Crippen LogP contribution in [0, 0.1) is 0 Å². The van der Waals surface area contributed by atoms with Gasteiger partial charge in [-0.2, -0.15) is 0 Å². The van der Waals surface area contributed by atoms with E-state index in [-0.39, 0.29) is 17.9 Å². The Morgan fingerprint density at radius 1 is 1.09 bits per heavy atom. The summed E-state index contributed by atoms with van der Waals surface area (Å²) in [5.74, 6) is 0.681. The Balaban J connectivity index is 1.43. The van der Waals surface area contributed by atoms with Crippen molar-refractivity contribution in [1.29, 1.82) is 0 Å². The molecule has 5 nitrogen and oxygen atoms in total. The molecule has 2 heterocycles. The van der Waals surface area contributed by atoms with Gasteiger partial charge in [-0.1, -0.05) is 18.2 Å². The molecule has 1 aromatic rings. The number of hydrogen-bond donors (Lipinski definition) is 0. The Kier molecular flexibility index (Phi) is 5.56. The minimum absolute atomic E-state index is 0.0910. The minimum Gasteiger partial charge on any atom is -0.368 e. The van der Waals surface area contributed by atoms with Crippen LogP contribution in [0.4, 0.5) is 0 Å². The smallest absolute Gasteiger partial charge is 0.251 e. The molecule has 2 saturated heterocycles. The van der Waals surface area contributed by atoms with E-state index < -0.39 is 0 Å². The zero-order valence-corrected chi connectivity index (χ0v) is 14.0. The first kappa shape index (κ1) is 16.3. The van der Waals surface area contributed by atoms with Gasteiger partial charge in [0.15, 0.2) is 0 Å². The van der Waals surface area contributed by atoms with Crippen molar-refractivity contribution in [1.82, 2.24) is 9.80 Å². The maximum absolute atomic E-state index is 12.3. The first-order valence-electron chi connectivity index (χ1n) is 8.10. The van der Waals surface area contributed by atoms with E-state index in [9.17, 15) is 9.59 Å². The highest BCUT2D eigenvalue weighted by atomic mass is 32.2. The fourth-order valence-corrected chi connectivity index (χ4v) is 3.73. The second-order valence-electron chi connectivity index (χ2n) is 5.81. The summed E-state index contributed by atoms with van der Waals surface area (Å²) in [5.41, 5.74) is 0. The molecule has 0 aromatic heterocycles. The van der Waals surface area contributed by atoms with Gasteiger partial charge in [-0.3, -0.25) is 9.59 Å². The van der Waals surface area contributed by atoms with Gasteiger partial charge in [0.25, 0.3) is 5.91 Å². The van der Waals surface area contributed by atoms with Crippen molar-refractivity contribution in [2.24, 2.45) is 0 Å². The molecule has 2 aliphatic heterocycles. The Morgan fingerprint density at radius 3 is 2.43 bits per heavy atom. The van der Waals surface area contributed by atoms with E-state index in [1.807, 2.05) is 40.1 Å². The van der Waals surface area contributed by atoms with Crippen LogP contribution in [0.2, 0.25) is 0 Å². The Labute approximate surface area is 141 Å². The van der Waals surface area contributed by atoms with Crippen molar-refractivity contribution >= 4 is 23.6 Å². The number of carbonyl (C=O) groups excluding carboxylic acids is 2. The van der Waals surface area contributed by atoms with Gasteiger partial charge in [-0.25, -0.2) is 0 Å². The largest absolute Gasteiger partial charge is 0.368 e. The molecular formula is C17H22N2O3S. The summed E-state index contributed by atoms with van der Waals surface area (Å²) < 4.78 is 5.45. The van der Waals surface area contributed by atoms with Crippen molar-refractivity contribution in [2.75, 3.05) is 38.5 Å². The van der Waals surface area contributed by atoms with Crippen LogP contribution in [0.3, 0.4) is 0 Å². The van der Waals surface area contributed by atoms with Crippen molar-refractivity contribution in [3.05, 3.63) is 30.3 Å². The molecule has 0 bridgehead atoms. The summed E-state index contributed by atoms with van der Waals surface area (Å²) in [4.78, 5) is 29.4. The normalized spacial score (nSPS) is 21.5. The number of benzene rings is 1. The number of rotatable bonds is 4. The monoisotopic (exact) mass is 334 g/mol. The fourth-order valence-electron chi connectivity index (χ4n) is 2.91. The van der Waals surface area contributed by atoms with Crippen molar-refractivity contribution in [3.63, 3.8) is 0 Å². The first-order chi connectivity index (χ1) is 11.2. The Hall–Kier alpha value is -1.53. The van der Waals surface area contributed by atoms with E-state index in [1.54, 1.807) is 11.8 Å². The lowest BCUT2D eigenvalue weighted by molar-refractivity contribution is -0.145. The van der Waals surface area contributed by atoms with Crippen LogP contribution in [0.15, 0.2) is 35.2 Å². The lowest BCUT2D eigenvalue weighted by atomic mass is 10.2. The van der Waals surface area contributed by atoms with Gasteiger partial charge in [-0.15, -0.1) is 11.8 Å². The molecule has 6 heteroatoms. The number of nitrogens with zero attached hydrogens (tertiary/aromatic N) is 2. The lowest BCUT2D eigenvalue weighted by Crippen LogP contribution is -2.53. The summed E-state index contributed by atoms with van der Waals surface area (Å²) in [7, 11) is 0. The molecule has 0 aliphatic carbocycles. The van der Waals surface area contributed by atoms with Crippen LogP contribution in [0.5, 0.6) is 0 Å². The first-order valence-corrected chi connectivity index (χ1v) is 9.08. The van der Waals surface area contributed by atoms with Crippen molar-refractivity contribution in [2.45, 2.75) is 23.8 Å². The van der Waals surface area contributed by atoms with Gasteiger partial charge in [0.2, 0.25) is 5.91 Å². The summed E-state index contributed by atoms with van der Waals surface area (Å²) in [6.07, 6.45) is 1.53. The molecule has 1 atom stereocenters. The van der Waals surface area contributed by atoms with E-state index >= 15 is 0 Å². The number of amides is 2. The summed E-state index contributed by atoms with van der Waals surface area (Å²) >= 11 is 1.56. The molecule has 2 fully saturated rings. The SMILES string of the molecule is O=C(CSc1ccccc1)N1CCN(C(=O)C2CCCO2)CC1. The van der Waals surface area contributed by atoms with Gasteiger partial charge >= 0.3 is 0 Å². The van der Waals surface area contributed by atoms with Crippen LogP contribution in [-0.2, 0) is 14.3 Å². The van der Waals surface area contributed by atoms with Gasteiger partial charge in [-0.05, 0) is 25.0 Å². The van der Waals surface area contributed by atoms with E-state index in [2.05, 4.69) is 0 Å². The van der Waals surface area contributed by atoms with Crippen LogP contribution >= 0.6 is 11.8 Å². The number of hydrogen-bond acceptors (Lipinski definition) is 4. The van der Waals surface area contributed by atoms with Gasteiger partial charge in [0, 0.05) is 37.7 Å². The number of piperazine rings is 1. The molecule has 2 amide bonds. The number of carbonyl (C=O) groups is 2. The fraction of sp³-hybridized carbons (Fsp3) is 0.529. The van der Waals surface area contributed by atoms with E-state index in [1.165, 1.54) is 0 Å². The van der Waals surface area contributed by atoms with Crippen molar-refractivity contribution in [3.8, 4) is 0 Å². The van der Waals surface area contributed by atoms with Crippen LogP contribution < -0.4 is 0 Å². The molecule has 1 unspecified atom stereocenters. The highest BCUT2D eigenvalue weighted by Gasteiger charge is 2.31. The highest BCUT2D eigenvalue weighted by molar-refractivity contribution is 8.00. The Morgan fingerprint density at radius 2 is 1.78 bits per heavy atom. The highest BCUT2D eigenvalue weighted by Crippen LogP contribution is 2.19. The topological polar surface area (TPSA) is 49.9 Å². The van der Waals surface area contributed by atoms with Gasteiger partial charge in [0.1, 0.15) is 6.10 Å². The molecule has 124 valence electrons. The predicted molar refractivity (Wildman–Crippen MR) is 89.3 cm³/mol. The third kappa shape index (κ3) is 4.26. The summed E-state index contributed by atoms with van der Waals surface area (Å²) in [6.45, 7) is 3.14. The molecule has 0 N–H and O–H groups in total. The van der Waals surface area contributed by atoms with E-state index in [0.29, 0.717) is 38.5 Å². The summed E-state index contributed by atoms with van der Waals surface area (Å²) in [5, 5.41) is 0. The standard InChI is InChI=1S/C17H22N2O3S/c20-16(13-23-14-5-2-1-3-6-14)18-8-10-19(11-9-18)17(21)15-7-4-12-22-15/h1-3,5-6,15H,4,7-13H2. The van der Waals surface area contributed by atoms with Crippen LogP contribution in [0.1, 0.15) is 12.8 Å². The molecular weight excluding hydrogens is 312 g/mol. The average Bonchev–Trinajstić information content (AvgIpc) is 3.15. The number of thioether (sulfide) groups is 1. The van der Waals surface area contributed by atoms with E-state index in [0.717, 1.165) is 17.7 Å². The average molecular weight is 334 g/mol. The zero-order valence-electron chi connectivity index (χ0n) is 13.1. The molecule has 0 radical (unpaired) electrons. The third-order valence-corrected chi connectivity index (χ3v) is 5.25. The zero-order chi connectivity index (χ0) is 16.1. The molecule has 2 aliphatic rings. The van der Waals surface area contributed by atoms with Crippen molar-refractivity contribution < 1.29 is 14.3 Å². The lowest BCUT2D eigenvalue weighted by Gasteiger charge is -2.35. The minimum atomic E-state index is -0.258. The van der Waals surface area contributed by atoms with Crippen LogP contribution in [0.25, 0.3) is 0 Å². The molecule has 1 aromatic carbocycles. The second kappa shape index (κ2) is 7.84. The third-order valence-electron chi connectivity index (χ3n) is 4.25. The molecule has 0 spiro atoms. The van der Waals surface area contributed by atoms with Gasteiger partial charge < -0.3 is 14.5 Å². The summed E-state index contributed by atoms with van der Waals surface area (Å²) in [6, 6.07) is 9.94. The van der Waals surface area contributed by atoms with E-state index in [4.69, 9.17) is 4.74 Å². The molecule has 3 rings (SSSR count). The maximum atomic E-state index is 12.3. The predicted octanol–water partition coefficient (Wildman–Crippen LogP) is 1.63. The van der Waals surface area contributed by atoms with Gasteiger partial charge in [0.05, 0.1) is 5.75 Å². The molecule has 0 saturated carbocycles. The maximum Gasteiger partial charge on any atom is 0.251 e. The Bertz CT molecular complexity index is 538.